The fourth-order valence-corrected chi connectivity index (χ4v) is 1.99. The van der Waals surface area contributed by atoms with Gasteiger partial charge < -0.3 is 15.5 Å². The highest BCUT2D eigenvalue weighted by atomic mass is 16.4. The summed E-state index contributed by atoms with van der Waals surface area (Å²) in [4.78, 5) is 23.1. The summed E-state index contributed by atoms with van der Waals surface area (Å²) < 4.78 is 0. The van der Waals surface area contributed by atoms with E-state index in [9.17, 15) is 14.7 Å². The molecular formula is C16H15NO4. The first-order valence-corrected chi connectivity index (χ1v) is 6.37. The third-order valence-corrected chi connectivity index (χ3v) is 2.95. The molecule has 2 aromatic rings. The number of nitrogens with one attached hydrogen (secondary N) is 1. The molecule has 0 fully saturated rings. The first-order valence-electron chi connectivity index (χ1n) is 6.37. The molecule has 0 saturated carbocycles. The lowest BCUT2D eigenvalue weighted by Gasteiger charge is -2.09. The summed E-state index contributed by atoms with van der Waals surface area (Å²) >= 11 is 0. The maximum Gasteiger partial charge on any atom is 0.337 e. The minimum atomic E-state index is -1.09. The molecule has 3 N–H and O–H groups in total. The van der Waals surface area contributed by atoms with Gasteiger partial charge in [0.05, 0.1) is 17.7 Å². The van der Waals surface area contributed by atoms with E-state index in [1.807, 2.05) is 0 Å². The number of aromatic hydroxyl groups is 1. The van der Waals surface area contributed by atoms with Crippen molar-refractivity contribution in [3.8, 4) is 5.75 Å². The standard InChI is InChI=1S/C16H15NO4/c1-10-5-6-14(13(7-10)16(20)21)17-15(19)9-11-3-2-4-12(18)8-11/h2-8,18H,9H2,1H3,(H,17,19)(H,20,21). The van der Waals surface area contributed by atoms with Gasteiger partial charge in [0.25, 0.3) is 0 Å². The lowest BCUT2D eigenvalue weighted by molar-refractivity contribution is -0.115. The number of carboxylic acid groups (broad SMARTS) is 1. The first kappa shape index (κ1) is 14.6. The summed E-state index contributed by atoms with van der Waals surface area (Å²) in [6.45, 7) is 1.78. The van der Waals surface area contributed by atoms with Crippen molar-refractivity contribution in [2.45, 2.75) is 13.3 Å². The van der Waals surface area contributed by atoms with Gasteiger partial charge in [0.15, 0.2) is 0 Å². The number of benzene rings is 2. The summed E-state index contributed by atoms with van der Waals surface area (Å²) in [6.07, 6.45) is 0.0569. The number of phenols is 1. The number of carbonyl (C=O) groups excluding carboxylic acids is 1. The number of rotatable bonds is 4. The van der Waals surface area contributed by atoms with Crippen LogP contribution in [0.2, 0.25) is 0 Å². The Morgan fingerprint density at radius 3 is 2.57 bits per heavy atom. The van der Waals surface area contributed by atoms with Crippen molar-refractivity contribution in [3.63, 3.8) is 0 Å². The van der Waals surface area contributed by atoms with Gasteiger partial charge in [-0.1, -0.05) is 23.8 Å². The number of amides is 1. The predicted octanol–water partition coefficient (Wildman–Crippen LogP) is 2.58. The van der Waals surface area contributed by atoms with Crippen molar-refractivity contribution >= 4 is 17.6 Å². The quantitative estimate of drug-likeness (QED) is 0.805. The number of carboxylic acids is 1. The van der Waals surface area contributed by atoms with E-state index < -0.39 is 5.97 Å². The average molecular weight is 285 g/mol. The Morgan fingerprint density at radius 1 is 1.14 bits per heavy atom. The zero-order chi connectivity index (χ0) is 15.4. The van der Waals surface area contributed by atoms with Gasteiger partial charge in [-0.25, -0.2) is 4.79 Å². The molecule has 0 aliphatic carbocycles. The van der Waals surface area contributed by atoms with Gasteiger partial charge in [-0.05, 0) is 36.8 Å². The highest BCUT2D eigenvalue weighted by molar-refractivity contribution is 6.01. The second kappa shape index (κ2) is 6.09. The minimum absolute atomic E-state index is 0.0549. The molecule has 2 aromatic carbocycles. The summed E-state index contributed by atoms with van der Waals surface area (Å²) in [5, 5.41) is 21.1. The smallest absolute Gasteiger partial charge is 0.337 e. The molecule has 1 amide bonds. The number of anilines is 1. The summed E-state index contributed by atoms with van der Waals surface area (Å²) in [5.74, 6) is -1.35. The molecule has 21 heavy (non-hydrogen) atoms. The molecule has 0 unspecified atom stereocenters. The van der Waals surface area contributed by atoms with Gasteiger partial charge in [0.1, 0.15) is 5.75 Å². The zero-order valence-electron chi connectivity index (χ0n) is 11.5. The van der Waals surface area contributed by atoms with Crippen LogP contribution >= 0.6 is 0 Å². The Morgan fingerprint density at radius 2 is 1.90 bits per heavy atom. The van der Waals surface area contributed by atoms with Crippen LogP contribution in [-0.2, 0) is 11.2 Å². The Hall–Kier alpha value is -2.82. The number of carbonyl (C=O) groups is 2. The van der Waals surface area contributed by atoms with Crippen LogP contribution in [0.4, 0.5) is 5.69 Å². The largest absolute Gasteiger partial charge is 0.508 e. The maximum absolute atomic E-state index is 12.0. The Balaban J connectivity index is 2.15. The van der Waals surface area contributed by atoms with Gasteiger partial charge in [0.2, 0.25) is 5.91 Å². The summed E-state index contributed by atoms with van der Waals surface area (Å²) in [6, 6.07) is 11.2. The summed E-state index contributed by atoms with van der Waals surface area (Å²) in [5.41, 5.74) is 1.77. The molecule has 0 bridgehead atoms. The highest BCUT2D eigenvalue weighted by Gasteiger charge is 2.13. The van der Waals surface area contributed by atoms with E-state index in [4.69, 9.17) is 5.11 Å². The fourth-order valence-electron chi connectivity index (χ4n) is 1.99. The lowest BCUT2D eigenvalue weighted by atomic mass is 10.1. The van der Waals surface area contributed by atoms with Crippen LogP contribution in [0.25, 0.3) is 0 Å². The van der Waals surface area contributed by atoms with Crippen LogP contribution in [-0.4, -0.2) is 22.1 Å². The van der Waals surface area contributed by atoms with Crippen molar-refractivity contribution in [1.82, 2.24) is 0 Å². The number of phenolic OH excluding ortho intramolecular Hbond substituents is 1. The van der Waals surface area contributed by atoms with Crippen LogP contribution in [0.3, 0.4) is 0 Å². The van der Waals surface area contributed by atoms with Crippen molar-refractivity contribution < 1.29 is 19.8 Å². The molecular weight excluding hydrogens is 270 g/mol. The molecule has 0 heterocycles. The normalized spacial score (nSPS) is 10.1. The van der Waals surface area contributed by atoms with Crippen LogP contribution in [0.5, 0.6) is 5.75 Å². The second-order valence-electron chi connectivity index (χ2n) is 4.75. The SMILES string of the molecule is Cc1ccc(NC(=O)Cc2cccc(O)c2)c(C(=O)O)c1. The molecule has 0 aliphatic rings. The van der Waals surface area contributed by atoms with Crippen molar-refractivity contribution in [3.05, 3.63) is 59.2 Å². The third-order valence-electron chi connectivity index (χ3n) is 2.95. The molecule has 108 valence electrons. The highest BCUT2D eigenvalue weighted by Crippen LogP contribution is 2.18. The molecule has 5 heteroatoms. The Bertz CT molecular complexity index is 694. The molecule has 0 aliphatic heterocycles. The lowest BCUT2D eigenvalue weighted by Crippen LogP contribution is -2.16. The fraction of sp³-hybridized carbons (Fsp3) is 0.125. The third kappa shape index (κ3) is 3.82. The van der Waals surface area contributed by atoms with E-state index in [1.54, 1.807) is 31.2 Å². The zero-order valence-corrected chi connectivity index (χ0v) is 11.5. The molecule has 0 spiro atoms. The van der Waals surface area contributed by atoms with Gasteiger partial charge in [-0.15, -0.1) is 0 Å². The molecule has 0 saturated heterocycles. The number of hydrogen-bond acceptors (Lipinski definition) is 3. The second-order valence-corrected chi connectivity index (χ2v) is 4.75. The minimum Gasteiger partial charge on any atom is -0.508 e. The van der Waals surface area contributed by atoms with E-state index >= 15 is 0 Å². The van der Waals surface area contributed by atoms with Gasteiger partial charge in [0, 0.05) is 0 Å². The van der Waals surface area contributed by atoms with Crippen LogP contribution in [0.15, 0.2) is 42.5 Å². The van der Waals surface area contributed by atoms with Crippen LogP contribution in [0, 0.1) is 6.92 Å². The molecule has 5 nitrogen and oxygen atoms in total. The monoisotopic (exact) mass is 285 g/mol. The average Bonchev–Trinajstić information content (AvgIpc) is 2.40. The molecule has 0 atom stereocenters. The first-order chi connectivity index (χ1) is 9.95. The number of hydrogen-bond donors (Lipinski definition) is 3. The Labute approximate surface area is 121 Å². The van der Waals surface area contributed by atoms with Crippen molar-refractivity contribution in [1.29, 1.82) is 0 Å². The number of aromatic carboxylic acids is 1. The van der Waals surface area contributed by atoms with E-state index in [0.717, 1.165) is 5.56 Å². The van der Waals surface area contributed by atoms with Gasteiger partial charge in [-0.2, -0.15) is 0 Å². The number of aryl methyl sites for hydroxylation is 1. The van der Waals surface area contributed by atoms with E-state index in [0.29, 0.717) is 5.56 Å². The predicted molar refractivity (Wildman–Crippen MR) is 78.6 cm³/mol. The van der Waals surface area contributed by atoms with Crippen LogP contribution < -0.4 is 5.32 Å². The Kier molecular flexibility index (Phi) is 4.23. The molecule has 0 radical (unpaired) electrons. The molecule has 2 rings (SSSR count). The van der Waals surface area contributed by atoms with Crippen molar-refractivity contribution in [2.24, 2.45) is 0 Å². The van der Waals surface area contributed by atoms with E-state index in [2.05, 4.69) is 5.32 Å². The van der Waals surface area contributed by atoms with Crippen LogP contribution in [0.1, 0.15) is 21.5 Å². The van der Waals surface area contributed by atoms with E-state index in [1.165, 1.54) is 18.2 Å². The topological polar surface area (TPSA) is 86.6 Å². The molecule has 0 aromatic heterocycles. The van der Waals surface area contributed by atoms with Gasteiger partial charge in [-0.3, -0.25) is 4.79 Å². The van der Waals surface area contributed by atoms with E-state index in [-0.39, 0.29) is 29.3 Å². The van der Waals surface area contributed by atoms with Crippen molar-refractivity contribution in [2.75, 3.05) is 5.32 Å². The maximum atomic E-state index is 12.0. The summed E-state index contributed by atoms with van der Waals surface area (Å²) in [7, 11) is 0. The van der Waals surface area contributed by atoms with Gasteiger partial charge >= 0.3 is 5.97 Å².